The summed E-state index contributed by atoms with van der Waals surface area (Å²) in [6.45, 7) is 0. The van der Waals surface area contributed by atoms with Crippen molar-refractivity contribution in [2.75, 3.05) is 0 Å². The molecule has 0 aliphatic carbocycles. The number of hydrogen-bond acceptors (Lipinski definition) is 2. The van der Waals surface area contributed by atoms with Gasteiger partial charge in [-0.3, -0.25) is 4.79 Å². The number of aldehydes is 1. The third kappa shape index (κ3) is 2.28. The first-order chi connectivity index (χ1) is 8.13. The first-order valence-corrected chi connectivity index (χ1v) is 5.61. The van der Waals surface area contributed by atoms with Crippen LogP contribution >= 0.6 is 23.2 Å². The second-order valence-corrected chi connectivity index (χ2v) is 4.33. The maximum Gasteiger partial charge on any atom is 0.153 e. The fourth-order valence-electron chi connectivity index (χ4n) is 1.58. The summed E-state index contributed by atoms with van der Waals surface area (Å²) in [4.78, 5) is 10.7. The molecule has 1 N–H and O–H groups in total. The lowest BCUT2D eigenvalue weighted by Crippen LogP contribution is -1.86. The van der Waals surface area contributed by atoms with Crippen LogP contribution in [0.25, 0.3) is 11.1 Å². The van der Waals surface area contributed by atoms with E-state index in [9.17, 15) is 9.90 Å². The lowest BCUT2D eigenvalue weighted by atomic mass is 10.0. The monoisotopic (exact) mass is 266 g/mol. The van der Waals surface area contributed by atoms with Gasteiger partial charge in [0, 0.05) is 21.2 Å². The van der Waals surface area contributed by atoms with Crippen molar-refractivity contribution in [3.63, 3.8) is 0 Å². The molecule has 0 saturated heterocycles. The average Bonchev–Trinajstić information content (AvgIpc) is 2.33. The largest absolute Gasteiger partial charge is 0.507 e. The highest BCUT2D eigenvalue weighted by Crippen LogP contribution is 2.37. The number of para-hydroxylation sites is 1. The molecule has 2 aromatic rings. The zero-order valence-corrected chi connectivity index (χ0v) is 10.2. The Bertz CT molecular complexity index is 580. The van der Waals surface area contributed by atoms with Crippen molar-refractivity contribution < 1.29 is 9.90 Å². The average molecular weight is 267 g/mol. The second kappa shape index (κ2) is 4.78. The Balaban J connectivity index is 2.68. The zero-order valence-electron chi connectivity index (χ0n) is 8.65. The number of hydrogen-bond donors (Lipinski definition) is 1. The molecule has 0 amide bonds. The van der Waals surface area contributed by atoms with Gasteiger partial charge in [0.2, 0.25) is 0 Å². The molecule has 0 spiro atoms. The van der Waals surface area contributed by atoms with E-state index in [1.54, 1.807) is 30.3 Å². The summed E-state index contributed by atoms with van der Waals surface area (Å²) in [5, 5.41) is 10.9. The van der Waals surface area contributed by atoms with Gasteiger partial charge in [-0.15, -0.1) is 0 Å². The Kier molecular flexibility index (Phi) is 3.36. The molecule has 0 fully saturated rings. The molecule has 0 saturated carbocycles. The first-order valence-electron chi connectivity index (χ1n) is 4.86. The van der Waals surface area contributed by atoms with E-state index in [0.717, 1.165) is 0 Å². The van der Waals surface area contributed by atoms with Crippen LogP contribution < -0.4 is 0 Å². The van der Waals surface area contributed by atoms with Gasteiger partial charge in [0.15, 0.2) is 6.29 Å². The number of phenolic OH excluding ortho intramolecular Hbond substituents is 1. The summed E-state index contributed by atoms with van der Waals surface area (Å²) in [5.74, 6) is -0.0910. The molecular weight excluding hydrogens is 259 g/mol. The summed E-state index contributed by atoms with van der Waals surface area (Å²) < 4.78 is 0. The molecule has 0 aromatic heterocycles. The number of rotatable bonds is 2. The van der Waals surface area contributed by atoms with Gasteiger partial charge in [-0.25, -0.2) is 0 Å². The standard InChI is InChI=1S/C13H8Cl2O2/c14-9-4-5-12(15)11(6-9)10-3-1-2-8(7-16)13(10)17/h1-7,17H. The van der Waals surface area contributed by atoms with Crippen molar-refractivity contribution in [1.29, 1.82) is 0 Å². The van der Waals surface area contributed by atoms with E-state index in [2.05, 4.69) is 0 Å². The van der Waals surface area contributed by atoms with Crippen LogP contribution in [0, 0.1) is 0 Å². The van der Waals surface area contributed by atoms with Gasteiger partial charge >= 0.3 is 0 Å². The van der Waals surface area contributed by atoms with E-state index in [0.29, 0.717) is 27.5 Å². The number of phenols is 1. The molecule has 0 radical (unpaired) electrons. The summed E-state index contributed by atoms with van der Waals surface area (Å²) in [7, 11) is 0. The van der Waals surface area contributed by atoms with Crippen molar-refractivity contribution in [3.8, 4) is 16.9 Å². The van der Waals surface area contributed by atoms with Gasteiger partial charge in [-0.1, -0.05) is 35.3 Å². The van der Waals surface area contributed by atoms with Crippen molar-refractivity contribution in [2.45, 2.75) is 0 Å². The van der Waals surface area contributed by atoms with Gasteiger partial charge in [-0.05, 0) is 24.3 Å². The Labute approximate surface area is 108 Å². The molecule has 86 valence electrons. The van der Waals surface area contributed by atoms with Crippen LogP contribution in [0.4, 0.5) is 0 Å². The molecule has 0 heterocycles. The van der Waals surface area contributed by atoms with Crippen LogP contribution in [0.3, 0.4) is 0 Å². The van der Waals surface area contributed by atoms with Gasteiger partial charge in [0.05, 0.1) is 5.56 Å². The number of halogens is 2. The predicted molar refractivity (Wildman–Crippen MR) is 69.0 cm³/mol. The maximum absolute atomic E-state index is 10.7. The third-order valence-electron chi connectivity index (χ3n) is 2.41. The molecule has 0 atom stereocenters. The highest BCUT2D eigenvalue weighted by atomic mass is 35.5. The van der Waals surface area contributed by atoms with Crippen LogP contribution in [-0.2, 0) is 0 Å². The van der Waals surface area contributed by atoms with Gasteiger partial charge in [-0.2, -0.15) is 0 Å². The lowest BCUT2D eigenvalue weighted by Gasteiger charge is -2.08. The predicted octanol–water partition coefficient (Wildman–Crippen LogP) is 4.18. The fourth-order valence-corrected chi connectivity index (χ4v) is 1.97. The molecule has 2 nitrogen and oxygen atoms in total. The molecule has 2 aromatic carbocycles. The minimum Gasteiger partial charge on any atom is -0.507 e. The molecule has 0 aliphatic rings. The minimum atomic E-state index is -0.0910. The van der Waals surface area contributed by atoms with E-state index in [1.807, 2.05) is 0 Å². The van der Waals surface area contributed by atoms with E-state index in [1.165, 1.54) is 6.07 Å². The van der Waals surface area contributed by atoms with Crippen LogP contribution in [0.15, 0.2) is 36.4 Å². The van der Waals surface area contributed by atoms with Crippen molar-refractivity contribution >= 4 is 29.5 Å². The number of benzene rings is 2. The molecule has 0 unspecified atom stereocenters. The van der Waals surface area contributed by atoms with E-state index in [4.69, 9.17) is 23.2 Å². The molecule has 2 rings (SSSR count). The lowest BCUT2D eigenvalue weighted by molar-refractivity contribution is 0.112. The van der Waals surface area contributed by atoms with Gasteiger partial charge in [0.25, 0.3) is 0 Å². The molecular formula is C13H8Cl2O2. The van der Waals surface area contributed by atoms with Gasteiger partial charge in [0.1, 0.15) is 5.75 Å². The normalized spacial score (nSPS) is 10.2. The second-order valence-electron chi connectivity index (χ2n) is 3.49. The van der Waals surface area contributed by atoms with Crippen LogP contribution in [-0.4, -0.2) is 11.4 Å². The number of carbonyl (C=O) groups is 1. The maximum atomic E-state index is 10.7. The fraction of sp³-hybridized carbons (Fsp3) is 0. The summed E-state index contributed by atoms with van der Waals surface area (Å²) in [6.07, 6.45) is 0.595. The Morgan fingerprint density at radius 3 is 2.53 bits per heavy atom. The van der Waals surface area contributed by atoms with Gasteiger partial charge < -0.3 is 5.11 Å². The Morgan fingerprint density at radius 2 is 1.82 bits per heavy atom. The van der Waals surface area contributed by atoms with Crippen LogP contribution in [0.2, 0.25) is 10.0 Å². The van der Waals surface area contributed by atoms with Crippen LogP contribution in [0.1, 0.15) is 10.4 Å². The summed E-state index contributed by atoms with van der Waals surface area (Å²) in [5.41, 5.74) is 1.31. The highest BCUT2D eigenvalue weighted by molar-refractivity contribution is 6.35. The highest BCUT2D eigenvalue weighted by Gasteiger charge is 2.11. The molecule has 0 aliphatic heterocycles. The number of carbonyl (C=O) groups excluding carboxylic acids is 1. The van der Waals surface area contributed by atoms with E-state index >= 15 is 0 Å². The topological polar surface area (TPSA) is 37.3 Å². The van der Waals surface area contributed by atoms with E-state index < -0.39 is 0 Å². The van der Waals surface area contributed by atoms with Crippen molar-refractivity contribution in [2.24, 2.45) is 0 Å². The molecule has 4 heteroatoms. The SMILES string of the molecule is O=Cc1cccc(-c2cc(Cl)ccc2Cl)c1O. The minimum absolute atomic E-state index is 0.0910. The molecule has 17 heavy (non-hydrogen) atoms. The first kappa shape index (κ1) is 12.0. The molecule has 0 bridgehead atoms. The third-order valence-corrected chi connectivity index (χ3v) is 2.98. The summed E-state index contributed by atoms with van der Waals surface area (Å²) in [6, 6.07) is 9.84. The quantitative estimate of drug-likeness (QED) is 0.829. The Morgan fingerprint density at radius 1 is 1.06 bits per heavy atom. The van der Waals surface area contributed by atoms with Crippen LogP contribution in [0.5, 0.6) is 5.75 Å². The smallest absolute Gasteiger partial charge is 0.153 e. The summed E-state index contributed by atoms with van der Waals surface area (Å²) >= 11 is 11.9. The van der Waals surface area contributed by atoms with Crippen molar-refractivity contribution in [3.05, 3.63) is 52.0 Å². The van der Waals surface area contributed by atoms with Crippen molar-refractivity contribution in [1.82, 2.24) is 0 Å². The Hall–Kier alpha value is -1.51. The van der Waals surface area contributed by atoms with E-state index in [-0.39, 0.29) is 11.3 Å². The number of aromatic hydroxyl groups is 1. The zero-order chi connectivity index (χ0) is 12.4.